The number of hydrogen-bond donors (Lipinski definition) is 3. The van der Waals surface area contributed by atoms with Gasteiger partial charge in [0.25, 0.3) is 0 Å². The monoisotopic (exact) mass is 168 g/mol. The molecule has 0 spiro atoms. The summed E-state index contributed by atoms with van der Waals surface area (Å²) in [6.07, 6.45) is 0.146. The van der Waals surface area contributed by atoms with Gasteiger partial charge in [0, 0.05) is 0 Å². The molecule has 64 valence electrons. The lowest BCUT2D eigenvalue weighted by molar-refractivity contribution is 0.0660. The normalized spacial score (nSPS) is 9.67. The molecular weight excluding hydrogens is 160 g/mol. The molecule has 1 rings (SSSR count). The van der Waals surface area contributed by atoms with Crippen LogP contribution in [0.3, 0.4) is 0 Å². The van der Waals surface area contributed by atoms with Crippen molar-refractivity contribution in [1.82, 2.24) is 0 Å². The Bertz CT molecular complexity index is 316. The first-order chi connectivity index (χ1) is 5.59. The SMILES string of the molecule is N=C(N)Cc1ccc(C(=O)O)o1. The summed E-state index contributed by atoms with van der Waals surface area (Å²) in [5.41, 5.74) is 5.09. The summed E-state index contributed by atoms with van der Waals surface area (Å²) >= 11 is 0. The first-order valence-corrected chi connectivity index (χ1v) is 3.24. The molecule has 12 heavy (non-hydrogen) atoms. The summed E-state index contributed by atoms with van der Waals surface area (Å²) in [4.78, 5) is 10.3. The van der Waals surface area contributed by atoms with Gasteiger partial charge >= 0.3 is 5.97 Å². The Kier molecular flexibility index (Phi) is 2.14. The van der Waals surface area contributed by atoms with Gasteiger partial charge in [-0.2, -0.15) is 0 Å². The highest BCUT2D eigenvalue weighted by Crippen LogP contribution is 2.07. The Morgan fingerprint density at radius 2 is 2.33 bits per heavy atom. The predicted octanol–water partition coefficient (Wildman–Crippen LogP) is 0.456. The second kappa shape index (κ2) is 3.08. The summed E-state index contributed by atoms with van der Waals surface area (Å²) < 4.78 is 4.84. The van der Waals surface area contributed by atoms with Gasteiger partial charge in [-0.3, -0.25) is 5.41 Å². The van der Waals surface area contributed by atoms with E-state index in [1.165, 1.54) is 12.1 Å². The van der Waals surface area contributed by atoms with E-state index in [1.807, 2.05) is 0 Å². The second-order valence-corrected chi connectivity index (χ2v) is 2.27. The second-order valence-electron chi connectivity index (χ2n) is 2.27. The molecule has 0 amide bonds. The standard InChI is InChI=1S/C7H8N2O3/c8-6(9)3-4-1-2-5(12-4)7(10)11/h1-2H,3H2,(H3,8,9)(H,10,11). The summed E-state index contributed by atoms with van der Waals surface area (Å²) in [5, 5.41) is 15.4. The van der Waals surface area contributed by atoms with Crippen LogP contribution in [0.2, 0.25) is 0 Å². The third kappa shape index (κ3) is 1.85. The van der Waals surface area contributed by atoms with Gasteiger partial charge in [-0.15, -0.1) is 0 Å². The van der Waals surface area contributed by atoms with E-state index in [0.29, 0.717) is 5.76 Å². The third-order valence-electron chi connectivity index (χ3n) is 1.24. The van der Waals surface area contributed by atoms with Crippen LogP contribution in [0.25, 0.3) is 0 Å². The van der Waals surface area contributed by atoms with Crippen LogP contribution in [0, 0.1) is 5.41 Å². The average molecular weight is 168 g/mol. The maximum atomic E-state index is 10.3. The van der Waals surface area contributed by atoms with Gasteiger partial charge in [-0.05, 0) is 12.1 Å². The molecule has 0 unspecified atom stereocenters. The molecule has 0 aliphatic rings. The zero-order valence-corrected chi connectivity index (χ0v) is 6.20. The lowest BCUT2D eigenvalue weighted by Gasteiger charge is -1.91. The van der Waals surface area contributed by atoms with Crippen molar-refractivity contribution >= 4 is 11.8 Å². The van der Waals surface area contributed by atoms with E-state index < -0.39 is 5.97 Å². The first-order valence-electron chi connectivity index (χ1n) is 3.24. The molecule has 0 aromatic carbocycles. The fourth-order valence-electron chi connectivity index (χ4n) is 0.776. The molecule has 0 saturated carbocycles. The topological polar surface area (TPSA) is 100 Å². The maximum Gasteiger partial charge on any atom is 0.371 e. The van der Waals surface area contributed by atoms with E-state index >= 15 is 0 Å². The molecule has 5 nitrogen and oxygen atoms in total. The van der Waals surface area contributed by atoms with Gasteiger partial charge in [-0.25, -0.2) is 4.79 Å². The van der Waals surface area contributed by atoms with Crippen LogP contribution < -0.4 is 5.73 Å². The predicted molar refractivity (Wildman–Crippen MR) is 41.3 cm³/mol. The number of amidine groups is 1. The molecule has 0 fully saturated rings. The Morgan fingerprint density at radius 3 is 2.75 bits per heavy atom. The van der Waals surface area contributed by atoms with Gasteiger partial charge in [0.1, 0.15) is 5.76 Å². The number of carboxylic acids is 1. The van der Waals surface area contributed by atoms with Crippen molar-refractivity contribution in [2.24, 2.45) is 5.73 Å². The van der Waals surface area contributed by atoms with Crippen LogP contribution in [-0.4, -0.2) is 16.9 Å². The minimum absolute atomic E-state index is 0.0544. The van der Waals surface area contributed by atoms with Crippen LogP contribution >= 0.6 is 0 Å². The maximum absolute atomic E-state index is 10.3. The first kappa shape index (κ1) is 8.32. The van der Waals surface area contributed by atoms with Crippen LogP contribution in [0.4, 0.5) is 0 Å². The Morgan fingerprint density at radius 1 is 1.67 bits per heavy atom. The summed E-state index contributed by atoms with van der Waals surface area (Å²) in [6.45, 7) is 0. The zero-order chi connectivity index (χ0) is 9.14. The number of rotatable bonds is 3. The lowest BCUT2D eigenvalue weighted by atomic mass is 10.3. The molecule has 0 radical (unpaired) electrons. The Labute approximate surface area is 68.3 Å². The lowest BCUT2D eigenvalue weighted by Crippen LogP contribution is -2.12. The summed E-state index contributed by atoms with van der Waals surface area (Å²) in [7, 11) is 0. The highest BCUT2D eigenvalue weighted by Gasteiger charge is 2.08. The molecule has 5 heteroatoms. The fraction of sp³-hybridized carbons (Fsp3) is 0.143. The molecule has 0 saturated heterocycles. The van der Waals surface area contributed by atoms with Crippen molar-refractivity contribution < 1.29 is 14.3 Å². The van der Waals surface area contributed by atoms with Gasteiger partial charge in [0.2, 0.25) is 5.76 Å². The van der Waals surface area contributed by atoms with Gasteiger partial charge in [0.15, 0.2) is 0 Å². The molecule has 1 aromatic rings. The number of furan rings is 1. The molecule has 0 aliphatic heterocycles. The van der Waals surface area contributed by atoms with Crippen molar-refractivity contribution in [1.29, 1.82) is 5.41 Å². The van der Waals surface area contributed by atoms with Gasteiger partial charge in [-0.1, -0.05) is 0 Å². The van der Waals surface area contributed by atoms with Crippen LogP contribution in [-0.2, 0) is 6.42 Å². The molecule has 0 bridgehead atoms. The van der Waals surface area contributed by atoms with Crippen molar-refractivity contribution in [2.75, 3.05) is 0 Å². The van der Waals surface area contributed by atoms with Crippen LogP contribution in [0.1, 0.15) is 16.3 Å². The van der Waals surface area contributed by atoms with E-state index in [2.05, 4.69) is 0 Å². The van der Waals surface area contributed by atoms with E-state index in [1.54, 1.807) is 0 Å². The van der Waals surface area contributed by atoms with Crippen LogP contribution in [0.5, 0.6) is 0 Å². The van der Waals surface area contributed by atoms with Crippen molar-refractivity contribution in [3.63, 3.8) is 0 Å². The number of nitrogens with two attached hydrogens (primary N) is 1. The summed E-state index contributed by atoms with van der Waals surface area (Å²) in [6, 6.07) is 2.82. The zero-order valence-electron chi connectivity index (χ0n) is 6.20. The van der Waals surface area contributed by atoms with E-state index in [4.69, 9.17) is 20.7 Å². The molecule has 0 aliphatic carbocycles. The molecule has 1 heterocycles. The highest BCUT2D eigenvalue weighted by atomic mass is 16.4. The van der Waals surface area contributed by atoms with Crippen molar-refractivity contribution in [2.45, 2.75) is 6.42 Å². The molecule has 1 aromatic heterocycles. The van der Waals surface area contributed by atoms with Crippen LogP contribution in [0.15, 0.2) is 16.5 Å². The quantitative estimate of drug-likeness (QED) is 0.450. The summed E-state index contributed by atoms with van der Waals surface area (Å²) in [5.74, 6) is -0.919. The highest BCUT2D eigenvalue weighted by molar-refractivity contribution is 5.84. The molecule has 4 N–H and O–H groups in total. The van der Waals surface area contributed by atoms with Gasteiger partial charge < -0.3 is 15.3 Å². The van der Waals surface area contributed by atoms with Crippen molar-refractivity contribution in [3.8, 4) is 0 Å². The average Bonchev–Trinajstić information content (AvgIpc) is 2.34. The van der Waals surface area contributed by atoms with Crippen molar-refractivity contribution in [3.05, 3.63) is 23.7 Å². The minimum atomic E-state index is -1.12. The molecular formula is C7H8N2O3. The largest absolute Gasteiger partial charge is 0.475 e. The fourth-order valence-corrected chi connectivity index (χ4v) is 0.776. The minimum Gasteiger partial charge on any atom is -0.475 e. The van der Waals surface area contributed by atoms with E-state index in [9.17, 15) is 4.79 Å². The number of nitrogens with one attached hydrogen (secondary N) is 1. The Hall–Kier alpha value is -1.78. The number of aromatic carboxylic acids is 1. The Balaban J connectivity index is 2.77. The number of hydrogen-bond acceptors (Lipinski definition) is 3. The number of carbonyl (C=O) groups is 1. The van der Waals surface area contributed by atoms with E-state index in [0.717, 1.165) is 0 Å². The molecule has 0 atom stereocenters. The van der Waals surface area contributed by atoms with Gasteiger partial charge in [0.05, 0.1) is 12.3 Å². The van der Waals surface area contributed by atoms with E-state index in [-0.39, 0.29) is 18.0 Å². The third-order valence-corrected chi connectivity index (χ3v) is 1.24. The number of carboxylic acid groups (broad SMARTS) is 1. The smallest absolute Gasteiger partial charge is 0.371 e.